The Labute approximate surface area is 124 Å². The van der Waals surface area contributed by atoms with E-state index in [-0.39, 0.29) is 22.7 Å². The van der Waals surface area contributed by atoms with E-state index in [1.165, 1.54) is 0 Å². The first-order valence-corrected chi connectivity index (χ1v) is 6.82. The highest BCUT2D eigenvalue weighted by Gasteiger charge is 2.17. The summed E-state index contributed by atoms with van der Waals surface area (Å²) in [4.78, 5) is 10.8. The van der Waals surface area contributed by atoms with Crippen LogP contribution in [-0.4, -0.2) is 18.8 Å². The predicted octanol–water partition coefficient (Wildman–Crippen LogP) is 3.62. The lowest BCUT2D eigenvalue weighted by Gasteiger charge is -2.19. The van der Waals surface area contributed by atoms with Gasteiger partial charge in [-0.3, -0.25) is 0 Å². The number of halogens is 3. The molecule has 0 aliphatic heterocycles. The molecule has 4 nitrogen and oxygen atoms in total. The average Bonchev–Trinajstić information content (AvgIpc) is 2.30. The van der Waals surface area contributed by atoms with Gasteiger partial charge in [-0.05, 0) is 34.3 Å². The molecule has 1 amide bonds. The fourth-order valence-electron chi connectivity index (χ4n) is 1.64. The first kappa shape index (κ1) is 16.7. The highest BCUT2D eigenvalue weighted by Crippen LogP contribution is 2.25. The normalized spacial score (nSPS) is 12.3. The minimum absolute atomic E-state index is 0.00877. The van der Waals surface area contributed by atoms with Gasteiger partial charge in [-0.25, -0.2) is 13.6 Å². The van der Waals surface area contributed by atoms with Gasteiger partial charge in [0.25, 0.3) is 0 Å². The number of ether oxygens (including phenoxy) is 2. The van der Waals surface area contributed by atoms with E-state index in [0.717, 1.165) is 12.1 Å². The fourth-order valence-corrected chi connectivity index (χ4v) is 1.95. The van der Waals surface area contributed by atoms with Crippen LogP contribution < -0.4 is 10.5 Å². The van der Waals surface area contributed by atoms with Crippen molar-refractivity contribution in [2.45, 2.75) is 26.4 Å². The smallest absolute Gasteiger partial charge is 0.404 e. The van der Waals surface area contributed by atoms with Crippen LogP contribution >= 0.6 is 15.9 Å². The molecular weight excluding hydrogens is 336 g/mol. The third-order valence-corrected chi connectivity index (χ3v) is 3.02. The number of hydrogen-bond donors (Lipinski definition) is 1. The van der Waals surface area contributed by atoms with Crippen molar-refractivity contribution in [3.63, 3.8) is 0 Å². The molecule has 0 aliphatic rings. The van der Waals surface area contributed by atoms with E-state index in [1.807, 2.05) is 13.8 Å². The van der Waals surface area contributed by atoms with Crippen LogP contribution in [0.25, 0.3) is 0 Å². The molecule has 1 rings (SSSR count). The number of hydrogen-bond acceptors (Lipinski definition) is 3. The molecule has 0 aliphatic carbocycles. The second kappa shape index (κ2) is 7.42. The molecule has 2 N–H and O–H groups in total. The van der Waals surface area contributed by atoms with E-state index in [9.17, 15) is 13.6 Å². The summed E-state index contributed by atoms with van der Waals surface area (Å²) in [5.74, 6) is -1.36. The van der Waals surface area contributed by atoms with Crippen molar-refractivity contribution >= 4 is 22.0 Å². The Hall–Kier alpha value is -1.37. The van der Waals surface area contributed by atoms with Crippen LogP contribution in [0.4, 0.5) is 13.6 Å². The molecule has 0 spiro atoms. The SMILES string of the molecule is CC(C)CC(COc1cc(F)c(Br)cc1F)OC(N)=O. The van der Waals surface area contributed by atoms with E-state index in [1.54, 1.807) is 0 Å². The Bertz CT molecular complexity index is 483. The van der Waals surface area contributed by atoms with Crippen molar-refractivity contribution in [1.82, 2.24) is 0 Å². The predicted molar refractivity (Wildman–Crippen MR) is 73.5 cm³/mol. The molecule has 0 aromatic heterocycles. The number of rotatable bonds is 6. The van der Waals surface area contributed by atoms with Crippen molar-refractivity contribution in [1.29, 1.82) is 0 Å². The van der Waals surface area contributed by atoms with Gasteiger partial charge in [0.05, 0.1) is 4.47 Å². The Morgan fingerprint density at radius 2 is 2.00 bits per heavy atom. The summed E-state index contributed by atoms with van der Waals surface area (Å²) in [5, 5.41) is 0. The minimum atomic E-state index is -0.929. The molecule has 0 saturated carbocycles. The van der Waals surface area contributed by atoms with Gasteiger partial charge < -0.3 is 15.2 Å². The molecule has 20 heavy (non-hydrogen) atoms. The van der Waals surface area contributed by atoms with Crippen LogP contribution in [0.5, 0.6) is 5.75 Å². The standard InChI is InChI=1S/C13H16BrF2NO3/c1-7(2)3-8(20-13(17)18)6-19-12-5-10(15)9(14)4-11(12)16/h4-5,7-8H,3,6H2,1-2H3,(H2,17,18). The second-order valence-corrected chi connectivity index (χ2v) is 5.55. The molecule has 1 unspecified atom stereocenters. The molecular formula is C13H16BrF2NO3. The molecule has 1 aromatic rings. The lowest BCUT2D eigenvalue weighted by molar-refractivity contribution is 0.0578. The molecule has 1 aromatic carbocycles. The van der Waals surface area contributed by atoms with Crippen LogP contribution in [0, 0.1) is 17.6 Å². The van der Waals surface area contributed by atoms with Gasteiger partial charge in [0.2, 0.25) is 0 Å². The van der Waals surface area contributed by atoms with E-state index < -0.39 is 23.8 Å². The van der Waals surface area contributed by atoms with Crippen LogP contribution in [0.3, 0.4) is 0 Å². The van der Waals surface area contributed by atoms with Gasteiger partial charge in [0.1, 0.15) is 18.5 Å². The molecule has 7 heteroatoms. The van der Waals surface area contributed by atoms with Gasteiger partial charge in [-0.15, -0.1) is 0 Å². The van der Waals surface area contributed by atoms with Gasteiger partial charge in [-0.1, -0.05) is 13.8 Å². The van der Waals surface area contributed by atoms with Crippen molar-refractivity contribution in [2.75, 3.05) is 6.61 Å². The highest BCUT2D eigenvalue weighted by molar-refractivity contribution is 9.10. The van der Waals surface area contributed by atoms with Crippen LogP contribution in [0.15, 0.2) is 16.6 Å². The van der Waals surface area contributed by atoms with Gasteiger partial charge in [-0.2, -0.15) is 0 Å². The van der Waals surface area contributed by atoms with Crippen molar-refractivity contribution in [3.05, 3.63) is 28.2 Å². The average molecular weight is 352 g/mol. The Morgan fingerprint density at radius 1 is 1.35 bits per heavy atom. The number of nitrogens with two attached hydrogens (primary N) is 1. The van der Waals surface area contributed by atoms with Crippen LogP contribution in [-0.2, 0) is 4.74 Å². The Morgan fingerprint density at radius 3 is 2.55 bits per heavy atom. The summed E-state index contributed by atoms with van der Waals surface area (Å²) in [6.07, 6.45) is -1.04. The largest absolute Gasteiger partial charge is 0.487 e. The first-order chi connectivity index (χ1) is 9.29. The van der Waals surface area contributed by atoms with Crippen LogP contribution in [0.1, 0.15) is 20.3 Å². The van der Waals surface area contributed by atoms with E-state index in [4.69, 9.17) is 15.2 Å². The van der Waals surface area contributed by atoms with Gasteiger partial charge in [0.15, 0.2) is 11.6 Å². The number of carbonyl (C=O) groups is 1. The molecule has 0 fully saturated rings. The topological polar surface area (TPSA) is 61.6 Å². The lowest BCUT2D eigenvalue weighted by atomic mass is 10.1. The quantitative estimate of drug-likeness (QED) is 0.796. The summed E-state index contributed by atoms with van der Waals surface area (Å²) in [5.41, 5.74) is 4.95. The zero-order valence-corrected chi connectivity index (χ0v) is 12.7. The highest BCUT2D eigenvalue weighted by atomic mass is 79.9. The first-order valence-electron chi connectivity index (χ1n) is 6.03. The summed E-state index contributed by atoms with van der Waals surface area (Å²) in [6.45, 7) is 3.76. The van der Waals surface area contributed by atoms with E-state index in [0.29, 0.717) is 6.42 Å². The molecule has 1 atom stereocenters. The molecule has 0 radical (unpaired) electrons. The summed E-state index contributed by atoms with van der Waals surface area (Å²) < 4.78 is 36.9. The molecule has 0 saturated heterocycles. The van der Waals surface area contributed by atoms with Crippen LogP contribution in [0.2, 0.25) is 0 Å². The second-order valence-electron chi connectivity index (χ2n) is 4.70. The number of primary amides is 1. The maximum Gasteiger partial charge on any atom is 0.404 e. The fraction of sp³-hybridized carbons (Fsp3) is 0.462. The van der Waals surface area contributed by atoms with Crippen molar-refractivity contribution in [3.8, 4) is 5.75 Å². The van der Waals surface area contributed by atoms with E-state index >= 15 is 0 Å². The molecule has 0 heterocycles. The van der Waals surface area contributed by atoms with Crippen molar-refractivity contribution in [2.24, 2.45) is 11.7 Å². The third-order valence-electron chi connectivity index (χ3n) is 2.42. The van der Waals surface area contributed by atoms with Crippen molar-refractivity contribution < 1.29 is 23.0 Å². The van der Waals surface area contributed by atoms with E-state index in [2.05, 4.69) is 15.9 Å². The third kappa shape index (κ3) is 5.32. The lowest BCUT2D eigenvalue weighted by Crippen LogP contribution is -2.29. The Balaban J connectivity index is 2.71. The molecule has 112 valence electrons. The monoisotopic (exact) mass is 351 g/mol. The van der Waals surface area contributed by atoms with Gasteiger partial charge >= 0.3 is 6.09 Å². The molecule has 0 bridgehead atoms. The zero-order valence-electron chi connectivity index (χ0n) is 11.2. The maximum atomic E-state index is 13.6. The van der Waals surface area contributed by atoms with Gasteiger partial charge in [0, 0.05) is 6.07 Å². The number of carbonyl (C=O) groups excluding carboxylic acids is 1. The maximum absolute atomic E-state index is 13.6. The number of benzene rings is 1. The number of amides is 1. The summed E-state index contributed by atoms with van der Waals surface area (Å²) in [6, 6.07) is 1.90. The Kier molecular flexibility index (Phi) is 6.19. The zero-order chi connectivity index (χ0) is 15.3. The minimum Gasteiger partial charge on any atom is -0.487 e. The summed E-state index contributed by atoms with van der Waals surface area (Å²) >= 11 is 2.87. The summed E-state index contributed by atoms with van der Waals surface area (Å²) in [7, 11) is 0.